The lowest BCUT2D eigenvalue weighted by molar-refractivity contribution is -0.143. The summed E-state index contributed by atoms with van der Waals surface area (Å²) in [7, 11) is 0. The van der Waals surface area contributed by atoms with Crippen molar-refractivity contribution in [3.8, 4) is 11.3 Å². The third-order valence-electron chi connectivity index (χ3n) is 5.99. The molecular formula is C24H23N3O3. The van der Waals surface area contributed by atoms with E-state index in [2.05, 4.69) is 27.0 Å². The summed E-state index contributed by atoms with van der Waals surface area (Å²) in [5.74, 6) is -0.980. The molecule has 4 aromatic rings. The SMILES string of the molecule is O=C(O)C1CCCN(Cc2ccc3[nH]c(-c4cc5ccccc5[nH]c4=O)cc3c2)C1. The first-order chi connectivity index (χ1) is 14.6. The average molecular weight is 401 g/mol. The van der Waals surface area contributed by atoms with Crippen LogP contribution in [0.5, 0.6) is 0 Å². The van der Waals surface area contributed by atoms with E-state index in [1.807, 2.05) is 42.5 Å². The largest absolute Gasteiger partial charge is 0.481 e. The van der Waals surface area contributed by atoms with E-state index in [1.165, 1.54) is 0 Å². The van der Waals surface area contributed by atoms with Gasteiger partial charge in [-0.15, -0.1) is 0 Å². The number of fused-ring (bicyclic) bond motifs is 2. The number of hydrogen-bond donors (Lipinski definition) is 3. The number of likely N-dealkylation sites (tertiary alicyclic amines) is 1. The normalized spacial score (nSPS) is 17.5. The third kappa shape index (κ3) is 3.50. The molecule has 1 atom stereocenters. The lowest BCUT2D eigenvalue weighted by Crippen LogP contribution is -2.38. The Kier molecular flexibility index (Phi) is 4.64. The summed E-state index contributed by atoms with van der Waals surface area (Å²) in [4.78, 5) is 32.4. The van der Waals surface area contributed by atoms with Gasteiger partial charge >= 0.3 is 5.97 Å². The number of carboxylic acid groups (broad SMARTS) is 1. The number of aliphatic carboxylic acids is 1. The fourth-order valence-corrected chi connectivity index (χ4v) is 4.43. The number of para-hydroxylation sites is 1. The first-order valence-corrected chi connectivity index (χ1v) is 10.3. The van der Waals surface area contributed by atoms with Crippen LogP contribution in [0, 0.1) is 5.92 Å². The van der Waals surface area contributed by atoms with Crippen molar-refractivity contribution in [2.75, 3.05) is 13.1 Å². The molecule has 152 valence electrons. The quantitative estimate of drug-likeness (QED) is 0.483. The maximum Gasteiger partial charge on any atom is 0.307 e. The highest BCUT2D eigenvalue weighted by molar-refractivity contribution is 5.89. The minimum atomic E-state index is -0.703. The van der Waals surface area contributed by atoms with Crippen LogP contribution in [0.25, 0.3) is 33.1 Å². The Morgan fingerprint density at radius 3 is 2.73 bits per heavy atom. The van der Waals surface area contributed by atoms with Crippen LogP contribution in [0.2, 0.25) is 0 Å². The first kappa shape index (κ1) is 18.6. The van der Waals surface area contributed by atoms with Crippen LogP contribution in [0.4, 0.5) is 0 Å². The minimum Gasteiger partial charge on any atom is -0.481 e. The molecule has 30 heavy (non-hydrogen) atoms. The lowest BCUT2D eigenvalue weighted by Gasteiger charge is -2.30. The molecule has 6 nitrogen and oxygen atoms in total. The summed E-state index contributed by atoms with van der Waals surface area (Å²) in [6.07, 6.45) is 1.67. The summed E-state index contributed by atoms with van der Waals surface area (Å²) < 4.78 is 0. The predicted octanol–water partition coefficient (Wildman–Crippen LogP) is 3.97. The molecule has 2 aromatic carbocycles. The van der Waals surface area contributed by atoms with Gasteiger partial charge in [-0.25, -0.2) is 0 Å². The van der Waals surface area contributed by atoms with Crippen LogP contribution >= 0.6 is 0 Å². The molecule has 0 amide bonds. The molecule has 1 aliphatic rings. The van der Waals surface area contributed by atoms with Crippen LogP contribution in [0.1, 0.15) is 18.4 Å². The fourth-order valence-electron chi connectivity index (χ4n) is 4.43. The number of rotatable bonds is 4. The van der Waals surface area contributed by atoms with Crippen molar-refractivity contribution in [1.29, 1.82) is 0 Å². The molecule has 3 N–H and O–H groups in total. The molecule has 2 aromatic heterocycles. The van der Waals surface area contributed by atoms with E-state index in [1.54, 1.807) is 0 Å². The van der Waals surface area contributed by atoms with Gasteiger partial charge in [0.05, 0.1) is 17.2 Å². The number of piperidine rings is 1. The van der Waals surface area contributed by atoms with Crippen LogP contribution in [0.3, 0.4) is 0 Å². The maximum absolute atomic E-state index is 12.6. The zero-order chi connectivity index (χ0) is 20.7. The van der Waals surface area contributed by atoms with Crippen LogP contribution in [-0.2, 0) is 11.3 Å². The van der Waals surface area contributed by atoms with Gasteiger partial charge in [-0.1, -0.05) is 24.3 Å². The van der Waals surface area contributed by atoms with Gasteiger partial charge < -0.3 is 15.1 Å². The Bertz CT molecular complexity index is 1300. The standard InChI is InChI=1S/C24H23N3O3/c28-23-19(11-16-4-1-2-6-20(16)26-23)22-12-18-10-15(7-8-21(18)25-22)13-27-9-3-5-17(14-27)24(29)30/h1-2,4,6-8,10-12,17,25H,3,5,9,13-14H2,(H,26,28)(H,29,30). The van der Waals surface area contributed by atoms with Crippen LogP contribution in [-0.4, -0.2) is 39.0 Å². The maximum atomic E-state index is 12.6. The number of aromatic amines is 2. The zero-order valence-corrected chi connectivity index (χ0v) is 16.5. The van der Waals surface area contributed by atoms with Gasteiger partial charge in [0.2, 0.25) is 0 Å². The number of aromatic nitrogens is 2. The highest BCUT2D eigenvalue weighted by atomic mass is 16.4. The molecule has 1 aliphatic heterocycles. The smallest absolute Gasteiger partial charge is 0.307 e. The summed E-state index contributed by atoms with van der Waals surface area (Å²) in [5, 5.41) is 11.3. The molecule has 5 rings (SSSR count). The highest BCUT2D eigenvalue weighted by Gasteiger charge is 2.25. The third-order valence-corrected chi connectivity index (χ3v) is 5.99. The van der Waals surface area contributed by atoms with Crippen molar-refractivity contribution in [2.45, 2.75) is 19.4 Å². The number of carboxylic acids is 1. The summed E-state index contributed by atoms with van der Waals surface area (Å²) in [6, 6.07) is 17.9. The molecular weight excluding hydrogens is 378 g/mol. The van der Waals surface area contributed by atoms with E-state index in [-0.39, 0.29) is 11.5 Å². The first-order valence-electron chi connectivity index (χ1n) is 10.3. The monoisotopic (exact) mass is 401 g/mol. The molecule has 0 spiro atoms. The second-order valence-electron chi connectivity index (χ2n) is 8.12. The van der Waals surface area contributed by atoms with E-state index in [0.29, 0.717) is 12.1 Å². The Morgan fingerprint density at radius 2 is 1.87 bits per heavy atom. The zero-order valence-electron chi connectivity index (χ0n) is 16.5. The molecule has 0 saturated carbocycles. The summed E-state index contributed by atoms with van der Waals surface area (Å²) in [6.45, 7) is 2.25. The number of nitrogens with zero attached hydrogens (tertiary/aromatic N) is 1. The van der Waals surface area contributed by atoms with E-state index >= 15 is 0 Å². The molecule has 0 aliphatic carbocycles. The van der Waals surface area contributed by atoms with Gasteiger partial charge in [-0.3, -0.25) is 14.5 Å². The second kappa shape index (κ2) is 7.46. The number of hydrogen-bond acceptors (Lipinski definition) is 3. The van der Waals surface area contributed by atoms with E-state index in [9.17, 15) is 14.7 Å². The average Bonchev–Trinajstić information content (AvgIpc) is 3.16. The molecule has 3 heterocycles. The number of H-pyrrole nitrogens is 2. The second-order valence-corrected chi connectivity index (χ2v) is 8.12. The number of benzene rings is 2. The molecule has 6 heteroatoms. The number of carbonyl (C=O) groups is 1. The van der Waals surface area contributed by atoms with Crippen LogP contribution < -0.4 is 5.56 Å². The van der Waals surface area contributed by atoms with Gasteiger partial charge in [-0.05, 0) is 60.7 Å². The lowest BCUT2D eigenvalue weighted by atomic mass is 9.98. The number of nitrogens with one attached hydrogen (secondary N) is 2. The van der Waals surface area contributed by atoms with Crippen molar-refractivity contribution in [2.24, 2.45) is 5.92 Å². The number of pyridine rings is 1. The summed E-state index contributed by atoms with van der Waals surface area (Å²) in [5.41, 5.74) is 4.24. The molecule has 1 saturated heterocycles. The molecule has 0 radical (unpaired) electrons. The topological polar surface area (TPSA) is 89.2 Å². The molecule has 1 unspecified atom stereocenters. The summed E-state index contributed by atoms with van der Waals surface area (Å²) >= 11 is 0. The van der Waals surface area contributed by atoms with E-state index in [0.717, 1.165) is 59.0 Å². The van der Waals surface area contributed by atoms with Gasteiger partial charge in [-0.2, -0.15) is 0 Å². The van der Waals surface area contributed by atoms with Crippen molar-refractivity contribution in [1.82, 2.24) is 14.9 Å². The van der Waals surface area contributed by atoms with Crippen molar-refractivity contribution in [3.05, 3.63) is 70.5 Å². The predicted molar refractivity (Wildman–Crippen MR) is 117 cm³/mol. The minimum absolute atomic E-state index is 0.117. The van der Waals surface area contributed by atoms with Gasteiger partial charge in [0, 0.05) is 29.5 Å². The Balaban J connectivity index is 1.44. The van der Waals surface area contributed by atoms with Crippen molar-refractivity contribution < 1.29 is 9.90 Å². The Labute approximate surface area is 173 Å². The van der Waals surface area contributed by atoms with Crippen molar-refractivity contribution >= 4 is 27.8 Å². The van der Waals surface area contributed by atoms with E-state index in [4.69, 9.17) is 0 Å². The van der Waals surface area contributed by atoms with Gasteiger partial charge in [0.25, 0.3) is 5.56 Å². The Hall–Kier alpha value is -3.38. The van der Waals surface area contributed by atoms with Crippen molar-refractivity contribution in [3.63, 3.8) is 0 Å². The van der Waals surface area contributed by atoms with Crippen LogP contribution in [0.15, 0.2) is 59.4 Å². The molecule has 0 bridgehead atoms. The highest BCUT2D eigenvalue weighted by Crippen LogP contribution is 2.26. The van der Waals surface area contributed by atoms with E-state index < -0.39 is 5.97 Å². The molecule has 1 fully saturated rings. The Morgan fingerprint density at radius 1 is 1.03 bits per heavy atom. The van der Waals surface area contributed by atoms with Gasteiger partial charge in [0.1, 0.15) is 0 Å². The fraction of sp³-hybridized carbons (Fsp3) is 0.250. The van der Waals surface area contributed by atoms with Gasteiger partial charge in [0.15, 0.2) is 0 Å².